The van der Waals surface area contributed by atoms with Crippen LogP contribution in [-0.2, 0) is 10.8 Å². The summed E-state index contributed by atoms with van der Waals surface area (Å²) in [7, 11) is 0.736. The minimum atomic E-state index is -0.150. The van der Waals surface area contributed by atoms with Gasteiger partial charge in [0.15, 0.2) is 12.9 Å². The predicted octanol–water partition coefficient (Wildman–Crippen LogP) is 13.2. The van der Waals surface area contributed by atoms with E-state index in [1.165, 1.54) is 66.2 Å². The Morgan fingerprint density at radius 2 is 1.39 bits per heavy atom. The molecule has 0 amide bonds. The average molecular weight is 800 g/mol. The van der Waals surface area contributed by atoms with Crippen LogP contribution in [0.4, 0.5) is 11.4 Å². The first-order chi connectivity index (χ1) is 30.1. The Balaban J connectivity index is 1.09. The van der Waals surface area contributed by atoms with Crippen LogP contribution in [0.2, 0.25) is 0 Å². The van der Waals surface area contributed by atoms with Gasteiger partial charge in [0.05, 0.1) is 5.52 Å². The standard InChI is InChI=1S/C56H42BN3O2/c1-55(2,3)32-19-21-33(22-20-32)58-45-27-43-38(34-15-9-11-17-42(34)56(43,4)5)25-39(45)36-23-24-37-40-26-41-35-16-10-12-18-49(35)61-50(41)29-47(40)60-48-30-51-46(28-44(48)57-52(36)53(37)60)59-54(62-51)31-13-7-6-8-14-31/h6-30,57-58H,1-5H3. The third-order valence-corrected chi connectivity index (χ3v) is 13.8. The molecule has 0 bridgehead atoms. The summed E-state index contributed by atoms with van der Waals surface area (Å²) in [6.45, 7) is 11.5. The van der Waals surface area contributed by atoms with E-state index in [0.29, 0.717) is 5.89 Å². The first kappa shape index (κ1) is 35.5. The van der Waals surface area contributed by atoms with E-state index >= 15 is 0 Å². The van der Waals surface area contributed by atoms with Gasteiger partial charge in [-0.1, -0.05) is 125 Å². The van der Waals surface area contributed by atoms with Crippen LogP contribution in [-0.4, -0.2) is 16.8 Å². The van der Waals surface area contributed by atoms with E-state index < -0.39 is 0 Å². The second-order valence-corrected chi connectivity index (χ2v) is 18.9. The van der Waals surface area contributed by atoms with E-state index in [1.807, 2.05) is 24.3 Å². The molecule has 5 nitrogen and oxygen atoms in total. The number of para-hydroxylation sites is 1. The van der Waals surface area contributed by atoms with Crippen LogP contribution in [0.15, 0.2) is 160 Å². The SMILES string of the molecule is CC(C)(C)c1ccc(Nc2cc3c(cc2-c2ccc4c5cc6c(cc5n5c4c2Bc2cc4nc(-c7ccccc7)oc4cc2-5)oc2ccccc26)-c2ccccc2C3(C)C)cc1. The fourth-order valence-electron chi connectivity index (χ4n) is 10.6. The Labute approximate surface area is 359 Å². The van der Waals surface area contributed by atoms with Crippen LogP contribution < -0.4 is 16.2 Å². The van der Waals surface area contributed by atoms with Crippen molar-refractivity contribution in [2.24, 2.45) is 0 Å². The Bertz CT molecular complexity index is 3690. The molecule has 3 aromatic heterocycles. The van der Waals surface area contributed by atoms with Crippen LogP contribution in [0.25, 0.3) is 94.2 Å². The third kappa shape index (κ3) is 5.01. The molecule has 11 aromatic rings. The molecule has 0 saturated heterocycles. The maximum atomic E-state index is 6.54. The zero-order valence-corrected chi connectivity index (χ0v) is 35.4. The van der Waals surface area contributed by atoms with E-state index in [2.05, 4.69) is 172 Å². The van der Waals surface area contributed by atoms with Crippen molar-refractivity contribution in [2.75, 3.05) is 5.32 Å². The molecule has 2 aliphatic rings. The summed E-state index contributed by atoms with van der Waals surface area (Å²) in [5.41, 5.74) is 21.4. The van der Waals surface area contributed by atoms with E-state index in [9.17, 15) is 0 Å². The number of furan rings is 1. The first-order valence-corrected chi connectivity index (χ1v) is 21.7. The van der Waals surface area contributed by atoms with Gasteiger partial charge in [0.25, 0.3) is 0 Å². The van der Waals surface area contributed by atoms with Gasteiger partial charge in [-0.2, -0.15) is 0 Å². The number of hydrogen-bond donors (Lipinski definition) is 1. The van der Waals surface area contributed by atoms with Crippen molar-refractivity contribution in [2.45, 2.75) is 45.4 Å². The topological polar surface area (TPSA) is 56.1 Å². The second kappa shape index (κ2) is 12.4. The van der Waals surface area contributed by atoms with Crippen molar-refractivity contribution in [3.8, 4) is 39.4 Å². The lowest BCUT2D eigenvalue weighted by molar-refractivity contribution is 0.590. The van der Waals surface area contributed by atoms with Crippen LogP contribution in [0.5, 0.6) is 0 Å². The van der Waals surface area contributed by atoms with Crippen LogP contribution in [0, 0.1) is 0 Å². The lowest BCUT2D eigenvalue weighted by Gasteiger charge is -2.26. The minimum Gasteiger partial charge on any atom is -0.456 e. The summed E-state index contributed by atoms with van der Waals surface area (Å²) in [6, 6.07) is 55.0. The molecule has 13 rings (SSSR count). The van der Waals surface area contributed by atoms with E-state index in [-0.39, 0.29) is 10.8 Å². The number of nitrogens with one attached hydrogen (secondary N) is 1. The number of rotatable bonds is 4. The van der Waals surface area contributed by atoms with Gasteiger partial charge in [0, 0.05) is 72.8 Å². The Kier molecular flexibility index (Phi) is 7.08. The zero-order valence-electron chi connectivity index (χ0n) is 35.4. The summed E-state index contributed by atoms with van der Waals surface area (Å²) in [6.07, 6.45) is 0. The van der Waals surface area contributed by atoms with Crippen molar-refractivity contribution in [1.82, 2.24) is 9.55 Å². The largest absolute Gasteiger partial charge is 0.456 e. The lowest BCUT2D eigenvalue weighted by Crippen LogP contribution is -2.37. The van der Waals surface area contributed by atoms with Crippen molar-refractivity contribution in [3.05, 3.63) is 168 Å². The monoisotopic (exact) mass is 799 g/mol. The number of nitrogens with zero attached hydrogens (tertiary/aromatic N) is 2. The van der Waals surface area contributed by atoms with Gasteiger partial charge in [-0.25, -0.2) is 4.98 Å². The van der Waals surface area contributed by atoms with Crippen molar-refractivity contribution < 1.29 is 8.83 Å². The summed E-state index contributed by atoms with van der Waals surface area (Å²) in [4.78, 5) is 5.05. The normalized spacial score (nSPS) is 13.8. The molecule has 1 N–H and O–H groups in total. The van der Waals surface area contributed by atoms with Gasteiger partial charge in [0.1, 0.15) is 16.7 Å². The Morgan fingerprint density at radius 3 is 2.23 bits per heavy atom. The summed E-state index contributed by atoms with van der Waals surface area (Å²) in [5.74, 6) is 0.625. The van der Waals surface area contributed by atoms with E-state index in [1.54, 1.807) is 0 Å². The fraction of sp³-hybridized carbons (Fsp3) is 0.125. The number of fused-ring (bicyclic) bond motifs is 12. The van der Waals surface area contributed by atoms with Crippen LogP contribution >= 0.6 is 0 Å². The molecule has 0 saturated carbocycles. The highest BCUT2D eigenvalue weighted by Crippen LogP contribution is 2.52. The summed E-state index contributed by atoms with van der Waals surface area (Å²) in [5, 5.41) is 8.63. The molecule has 0 fully saturated rings. The van der Waals surface area contributed by atoms with Crippen molar-refractivity contribution in [1.29, 1.82) is 0 Å². The number of oxazole rings is 1. The second-order valence-electron chi connectivity index (χ2n) is 18.9. The molecule has 1 aliphatic carbocycles. The van der Waals surface area contributed by atoms with Gasteiger partial charge < -0.3 is 18.7 Å². The molecule has 0 unspecified atom stereocenters. The lowest BCUT2D eigenvalue weighted by atomic mass is 9.59. The first-order valence-electron chi connectivity index (χ1n) is 21.7. The highest BCUT2D eigenvalue weighted by Gasteiger charge is 2.37. The van der Waals surface area contributed by atoms with Crippen LogP contribution in [0.1, 0.15) is 51.3 Å². The van der Waals surface area contributed by atoms with Crippen LogP contribution in [0.3, 0.4) is 0 Å². The average Bonchev–Trinajstić information content (AvgIpc) is 4.01. The molecule has 296 valence electrons. The third-order valence-electron chi connectivity index (χ3n) is 13.8. The Hall–Kier alpha value is -7.31. The zero-order chi connectivity index (χ0) is 41.6. The number of aromatic nitrogens is 2. The Morgan fingerprint density at radius 1 is 0.597 bits per heavy atom. The predicted molar refractivity (Wildman–Crippen MR) is 259 cm³/mol. The summed E-state index contributed by atoms with van der Waals surface area (Å²) >= 11 is 0. The molecule has 0 radical (unpaired) electrons. The highest BCUT2D eigenvalue weighted by molar-refractivity contribution is 6.73. The highest BCUT2D eigenvalue weighted by atomic mass is 16.3. The quantitative estimate of drug-likeness (QED) is 0.180. The molecular formula is C56H42BN3O2. The van der Waals surface area contributed by atoms with Gasteiger partial charge in [0.2, 0.25) is 5.89 Å². The molecule has 4 heterocycles. The van der Waals surface area contributed by atoms with E-state index in [4.69, 9.17) is 13.8 Å². The van der Waals surface area contributed by atoms with Gasteiger partial charge in [-0.05, 0) is 98.9 Å². The molecule has 0 spiro atoms. The molecule has 0 atom stereocenters. The molecular weight excluding hydrogens is 757 g/mol. The summed E-state index contributed by atoms with van der Waals surface area (Å²) < 4.78 is 15.5. The van der Waals surface area contributed by atoms with Crippen molar-refractivity contribution >= 4 is 84.4 Å². The van der Waals surface area contributed by atoms with Gasteiger partial charge >= 0.3 is 0 Å². The number of anilines is 2. The maximum Gasteiger partial charge on any atom is 0.227 e. The van der Waals surface area contributed by atoms with Gasteiger partial charge in [-0.3, -0.25) is 0 Å². The molecule has 6 heteroatoms. The minimum absolute atomic E-state index is 0.0657. The van der Waals surface area contributed by atoms with E-state index in [0.717, 1.165) is 68.5 Å². The molecule has 1 aliphatic heterocycles. The number of benzene rings is 8. The van der Waals surface area contributed by atoms with Gasteiger partial charge in [-0.15, -0.1) is 0 Å². The molecule has 62 heavy (non-hydrogen) atoms. The smallest absolute Gasteiger partial charge is 0.227 e. The maximum absolute atomic E-state index is 6.54. The van der Waals surface area contributed by atoms with Crippen molar-refractivity contribution in [3.63, 3.8) is 0 Å². The molecule has 8 aromatic carbocycles. The number of hydrogen-bond acceptors (Lipinski definition) is 4. The fourth-order valence-corrected chi connectivity index (χ4v) is 10.6.